The van der Waals surface area contributed by atoms with E-state index in [1.54, 1.807) is 43.0 Å². The maximum atomic E-state index is 12.8. The second kappa shape index (κ2) is 5.22. The van der Waals surface area contributed by atoms with Gasteiger partial charge in [-0.25, -0.2) is 0 Å². The summed E-state index contributed by atoms with van der Waals surface area (Å²) in [7, 11) is 3.25. The molecular weight excluding hydrogens is 286 g/mol. The van der Waals surface area contributed by atoms with E-state index in [0.717, 1.165) is 0 Å². The van der Waals surface area contributed by atoms with E-state index >= 15 is 0 Å². The van der Waals surface area contributed by atoms with Crippen LogP contribution in [-0.2, 0) is 24.9 Å². The van der Waals surface area contributed by atoms with E-state index in [-0.39, 0.29) is 18.8 Å². The van der Waals surface area contributed by atoms with Gasteiger partial charge in [-0.05, 0) is 18.2 Å². The lowest BCUT2D eigenvalue weighted by Gasteiger charge is -2.09. The Kier molecular flexibility index (Phi) is 3.36. The molecule has 0 aliphatic carbocycles. The number of hydrogen-bond donors (Lipinski definition) is 1. The molecule has 2 aromatic rings. The lowest BCUT2D eigenvalue weighted by Crippen LogP contribution is -2.12. The average molecular weight is 301 g/mol. The number of aliphatic carboxylic acids is 1. The summed E-state index contributed by atoms with van der Waals surface area (Å²) in [6.45, 7) is 0.217. The molecule has 3 rings (SSSR count). The first-order valence-electron chi connectivity index (χ1n) is 6.76. The molecule has 0 spiro atoms. The number of carbonyl (C=O) groups excluding carboxylic acids is 1. The van der Waals surface area contributed by atoms with E-state index in [1.807, 2.05) is 0 Å². The fourth-order valence-electron chi connectivity index (χ4n) is 2.68. The summed E-state index contributed by atoms with van der Waals surface area (Å²) in [4.78, 5) is 23.7. The van der Waals surface area contributed by atoms with Crippen LogP contribution in [-0.4, -0.2) is 28.5 Å². The average Bonchev–Trinajstić information content (AvgIpc) is 2.71. The maximum Gasteiger partial charge on any atom is 0.309 e. The van der Waals surface area contributed by atoms with Crippen LogP contribution in [0, 0.1) is 0 Å². The molecule has 2 heterocycles. The standard InChI is InChI=1S/C16H15NO5/c1-17-10(6-14(18)19)5-9-8-22-13-7-11(21-2)3-4-12(13)16(20)15(9)17/h3-5,7H,6,8H2,1-2H3,(H,18,19). The van der Waals surface area contributed by atoms with Gasteiger partial charge < -0.3 is 19.1 Å². The van der Waals surface area contributed by atoms with Gasteiger partial charge in [0, 0.05) is 24.4 Å². The number of hydrogen-bond acceptors (Lipinski definition) is 4. The van der Waals surface area contributed by atoms with Crippen molar-refractivity contribution in [3.8, 4) is 11.5 Å². The number of rotatable bonds is 3. The van der Waals surface area contributed by atoms with Crippen LogP contribution in [0.3, 0.4) is 0 Å². The molecule has 0 atom stereocenters. The van der Waals surface area contributed by atoms with Gasteiger partial charge in [-0.3, -0.25) is 9.59 Å². The smallest absolute Gasteiger partial charge is 0.309 e. The Balaban J connectivity index is 2.09. The van der Waals surface area contributed by atoms with Crippen molar-refractivity contribution in [2.75, 3.05) is 7.11 Å². The first-order valence-corrected chi connectivity index (χ1v) is 6.76. The van der Waals surface area contributed by atoms with Crippen molar-refractivity contribution in [3.63, 3.8) is 0 Å². The summed E-state index contributed by atoms with van der Waals surface area (Å²) >= 11 is 0. The van der Waals surface area contributed by atoms with E-state index in [1.165, 1.54) is 0 Å². The van der Waals surface area contributed by atoms with E-state index < -0.39 is 5.97 Å². The highest BCUT2D eigenvalue weighted by Crippen LogP contribution is 2.32. The lowest BCUT2D eigenvalue weighted by atomic mass is 10.1. The van der Waals surface area contributed by atoms with Gasteiger partial charge in [0.25, 0.3) is 0 Å². The molecule has 1 aliphatic rings. The normalized spacial score (nSPS) is 12.9. The molecule has 0 radical (unpaired) electrons. The van der Waals surface area contributed by atoms with Crippen LogP contribution in [0.5, 0.6) is 11.5 Å². The van der Waals surface area contributed by atoms with Crippen molar-refractivity contribution >= 4 is 11.8 Å². The molecule has 1 aliphatic heterocycles. The summed E-state index contributed by atoms with van der Waals surface area (Å²) in [6.07, 6.45) is -0.133. The molecular formula is C16H15NO5. The van der Waals surface area contributed by atoms with E-state index in [4.69, 9.17) is 14.6 Å². The second-order valence-electron chi connectivity index (χ2n) is 5.12. The number of benzene rings is 1. The van der Waals surface area contributed by atoms with Crippen LogP contribution in [0.1, 0.15) is 27.3 Å². The van der Waals surface area contributed by atoms with Crippen LogP contribution >= 0.6 is 0 Å². The number of carbonyl (C=O) groups is 2. The molecule has 0 bridgehead atoms. The topological polar surface area (TPSA) is 77.8 Å². The lowest BCUT2D eigenvalue weighted by molar-refractivity contribution is -0.136. The fourth-order valence-corrected chi connectivity index (χ4v) is 2.68. The Labute approximate surface area is 126 Å². The number of ether oxygens (including phenoxy) is 2. The molecule has 114 valence electrons. The molecule has 0 saturated heterocycles. The quantitative estimate of drug-likeness (QED) is 0.935. The minimum Gasteiger partial charge on any atom is -0.497 e. The molecule has 1 aromatic heterocycles. The number of nitrogens with zero attached hydrogens (tertiary/aromatic N) is 1. The van der Waals surface area contributed by atoms with Crippen LogP contribution in [0.2, 0.25) is 0 Å². The van der Waals surface area contributed by atoms with Gasteiger partial charge in [-0.15, -0.1) is 0 Å². The van der Waals surface area contributed by atoms with E-state index in [0.29, 0.717) is 34.0 Å². The Morgan fingerprint density at radius 2 is 2.18 bits per heavy atom. The van der Waals surface area contributed by atoms with Crippen molar-refractivity contribution < 1.29 is 24.2 Å². The number of aromatic nitrogens is 1. The van der Waals surface area contributed by atoms with Crippen LogP contribution in [0.15, 0.2) is 24.3 Å². The number of carboxylic acids is 1. The number of ketones is 1. The first-order chi connectivity index (χ1) is 10.5. The van der Waals surface area contributed by atoms with Crippen molar-refractivity contribution in [1.29, 1.82) is 0 Å². The molecule has 22 heavy (non-hydrogen) atoms. The van der Waals surface area contributed by atoms with Crippen molar-refractivity contribution in [2.24, 2.45) is 7.05 Å². The van der Waals surface area contributed by atoms with E-state index in [9.17, 15) is 9.59 Å². The molecule has 0 fully saturated rings. The molecule has 0 saturated carbocycles. The Morgan fingerprint density at radius 1 is 1.41 bits per heavy atom. The third kappa shape index (κ3) is 2.22. The monoisotopic (exact) mass is 301 g/mol. The van der Waals surface area contributed by atoms with Crippen molar-refractivity contribution in [2.45, 2.75) is 13.0 Å². The first kappa shape index (κ1) is 14.2. The SMILES string of the molecule is COc1ccc2c(c1)OCc1cc(CC(=O)O)n(C)c1C2=O. The molecule has 1 N–H and O–H groups in total. The second-order valence-corrected chi connectivity index (χ2v) is 5.12. The molecule has 6 heteroatoms. The third-order valence-corrected chi connectivity index (χ3v) is 3.78. The highest BCUT2D eigenvalue weighted by Gasteiger charge is 2.27. The Morgan fingerprint density at radius 3 is 2.86 bits per heavy atom. The number of methoxy groups -OCH3 is 1. The summed E-state index contributed by atoms with van der Waals surface area (Å²) < 4.78 is 12.5. The molecule has 0 unspecified atom stereocenters. The largest absolute Gasteiger partial charge is 0.497 e. The minimum absolute atomic E-state index is 0.133. The molecule has 0 amide bonds. The van der Waals surface area contributed by atoms with Gasteiger partial charge in [-0.1, -0.05) is 0 Å². The Hall–Kier alpha value is -2.76. The van der Waals surface area contributed by atoms with E-state index in [2.05, 4.69) is 0 Å². The predicted octanol–water partition coefficient (Wildman–Crippen LogP) is 1.78. The Bertz CT molecular complexity index is 775. The van der Waals surface area contributed by atoms with Gasteiger partial charge in [-0.2, -0.15) is 0 Å². The fraction of sp³-hybridized carbons (Fsp3) is 0.250. The zero-order valence-electron chi connectivity index (χ0n) is 12.3. The van der Waals surface area contributed by atoms with Crippen molar-refractivity contribution in [1.82, 2.24) is 4.57 Å². The van der Waals surface area contributed by atoms with Crippen LogP contribution < -0.4 is 9.47 Å². The summed E-state index contributed by atoms with van der Waals surface area (Å²) in [6, 6.07) is 6.75. The molecule has 6 nitrogen and oxygen atoms in total. The highest BCUT2D eigenvalue weighted by atomic mass is 16.5. The zero-order chi connectivity index (χ0) is 15.9. The number of carboxylic acid groups (broad SMARTS) is 1. The number of fused-ring (bicyclic) bond motifs is 2. The predicted molar refractivity (Wildman–Crippen MR) is 77.5 cm³/mol. The molecule has 1 aromatic carbocycles. The summed E-state index contributed by atoms with van der Waals surface area (Å²) in [5.74, 6) is -0.0250. The highest BCUT2D eigenvalue weighted by molar-refractivity contribution is 6.11. The maximum absolute atomic E-state index is 12.8. The van der Waals surface area contributed by atoms with Gasteiger partial charge in [0.15, 0.2) is 0 Å². The van der Waals surface area contributed by atoms with Crippen molar-refractivity contribution in [3.05, 3.63) is 46.8 Å². The summed E-state index contributed by atoms with van der Waals surface area (Å²) in [5.41, 5.74) is 2.19. The van der Waals surface area contributed by atoms with Gasteiger partial charge in [0.1, 0.15) is 18.1 Å². The van der Waals surface area contributed by atoms with Crippen LogP contribution in [0.4, 0.5) is 0 Å². The minimum atomic E-state index is -0.936. The zero-order valence-corrected chi connectivity index (χ0v) is 12.3. The van der Waals surface area contributed by atoms with Gasteiger partial charge in [0.2, 0.25) is 5.78 Å². The van der Waals surface area contributed by atoms with Gasteiger partial charge >= 0.3 is 5.97 Å². The van der Waals surface area contributed by atoms with Crippen LogP contribution in [0.25, 0.3) is 0 Å². The summed E-state index contributed by atoms with van der Waals surface area (Å²) in [5, 5.41) is 8.95. The van der Waals surface area contributed by atoms with Gasteiger partial charge in [0.05, 0.1) is 24.8 Å². The third-order valence-electron chi connectivity index (χ3n) is 3.78.